The summed E-state index contributed by atoms with van der Waals surface area (Å²) < 4.78 is 0. The first-order chi connectivity index (χ1) is 54.6. The Morgan fingerprint density at radius 1 is 0.265 bits per heavy atom. The first-order valence-corrected chi connectivity index (χ1v) is 40.0. The second-order valence-corrected chi connectivity index (χ2v) is 29.4. The average molecular weight is 1670 g/mol. The first-order valence-electron chi connectivity index (χ1n) is 37.2. The fourth-order valence-corrected chi connectivity index (χ4v) is 14.9. The van der Waals surface area contributed by atoms with Crippen LogP contribution in [0.15, 0.2) is 460 Å². The van der Waals surface area contributed by atoms with Crippen molar-refractivity contribution in [2.24, 2.45) is 4.99 Å². The number of nitrogens with one attached hydrogen (secondary N) is 1. The Morgan fingerprint density at radius 3 is 0.743 bits per heavy atom. The third kappa shape index (κ3) is 41.5. The van der Waals surface area contributed by atoms with Crippen molar-refractivity contribution in [1.29, 1.82) is 0 Å². The van der Waals surface area contributed by atoms with Gasteiger partial charge in [0.2, 0.25) is 0 Å². The molecule has 1 atom stereocenters. The van der Waals surface area contributed by atoms with Crippen molar-refractivity contribution in [3.05, 3.63) is 575 Å². The molecule has 1 N–H and O–H groups in total. The second-order valence-electron chi connectivity index (χ2n) is 25.0. The monoisotopic (exact) mass is 1660 g/mol. The quantitative estimate of drug-likeness (QED) is 0.0396. The van der Waals surface area contributed by atoms with Crippen molar-refractivity contribution in [3.8, 4) is 0 Å². The molecule has 1 unspecified atom stereocenters. The number of hydrogen-bond donors (Lipinski definition) is 1. The molecule has 113 heavy (non-hydrogen) atoms. The van der Waals surface area contributed by atoms with E-state index < -0.39 is 15.8 Å². The van der Waals surface area contributed by atoms with Crippen LogP contribution in [0.5, 0.6) is 0 Å². The SMILES string of the molecule is [CH2-]c1ccccc1.[CH2-]c1ccccc1.[CH2-]c1ccccc1.[CH2-]c1ccccc1.[CH2-]c1ccccc1.[CH2-]c1ccccc1.[CH2-]c1ccccc1.[Zr+4].[Zr].c1ccc(CCNC(=NCc2ccccc2)P(c2ccccc2)c2ccccc2)cc1.c1ccc(CC[N-]C([N-]Cc2ccccc2)P(c2ccccc2)c2ccccc2)cc1. The standard InChI is InChI=1S/2C28H27N2P.7C7H7.2Zr/c2*1-5-13-24(14-6-1)21-22-29-28(30-23-25-15-7-2-8-16-25)31(26-17-9-3-10-18-26)27-19-11-4-12-20-27;7*1-7-5-3-2-4-6-7;;/h1-20H,21-23H2,(H,29,30);1-20,28H,21-23H2;7*2-6H,1H2;;/q;-2;7*-1;;+4. The van der Waals surface area contributed by atoms with Crippen LogP contribution in [0.25, 0.3) is 10.6 Å². The van der Waals surface area contributed by atoms with Gasteiger partial charge in [0, 0.05) is 40.7 Å². The van der Waals surface area contributed by atoms with Crippen LogP contribution < -0.4 is 26.5 Å². The Bertz CT molecular complexity index is 4250. The number of rotatable bonds is 18. The van der Waals surface area contributed by atoms with Crippen LogP contribution in [-0.2, 0) is 78.3 Å². The summed E-state index contributed by atoms with van der Waals surface area (Å²) in [6, 6.07) is 154. The summed E-state index contributed by atoms with van der Waals surface area (Å²) in [4.78, 5) is 5.11. The van der Waals surface area contributed by atoms with Crippen LogP contribution in [-0.4, -0.2) is 24.6 Å². The van der Waals surface area contributed by atoms with Gasteiger partial charge in [-0.2, -0.15) is 172 Å². The van der Waals surface area contributed by atoms with E-state index in [2.05, 4.69) is 284 Å². The zero-order valence-corrected chi connectivity index (χ0v) is 71.5. The minimum atomic E-state index is -0.752. The predicted molar refractivity (Wildman–Crippen MR) is 486 cm³/mol. The molecule has 0 fully saturated rings. The predicted octanol–water partition coefficient (Wildman–Crippen LogP) is 25.2. The molecule has 4 nitrogen and oxygen atoms in total. The number of aliphatic imine (C=N–C) groups is 1. The molecule has 0 aromatic heterocycles. The Hall–Kier alpha value is -10.6. The minimum Gasteiger partial charge on any atom is -0.673 e. The molecule has 0 saturated carbocycles. The number of amidine groups is 1. The number of hydrogen-bond acceptors (Lipinski definition) is 1. The van der Waals surface area contributed by atoms with Crippen LogP contribution in [0.3, 0.4) is 0 Å². The summed E-state index contributed by atoms with van der Waals surface area (Å²) in [7, 11) is -1.48. The van der Waals surface area contributed by atoms with E-state index in [1.807, 2.05) is 224 Å². The largest absolute Gasteiger partial charge is 4.00 e. The van der Waals surface area contributed by atoms with Gasteiger partial charge in [0.1, 0.15) is 5.58 Å². The summed E-state index contributed by atoms with van der Waals surface area (Å²) >= 11 is 0. The first kappa shape index (κ1) is 93.0. The van der Waals surface area contributed by atoms with E-state index in [1.54, 1.807) is 0 Å². The Morgan fingerprint density at radius 2 is 0.487 bits per heavy atom. The molecule has 15 rings (SSSR count). The summed E-state index contributed by atoms with van der Waals surface area (Å²) in [6.07, 6.45) is 1.91. The van der Waals surface area contributed by atoms with Crippen LogP contribution >= 0.6 is 15.8 Å². The summed E-state index contributed by atoms with van der Waals surface area (Å²) in [5.41, 5.74) is 13.7. The van der Waals surface area contributed by atoms with E-state index >= 15 is 0 Å². The molecular weight excluding hydrogens is 1560 g/mol. The third-order valence-electron chi connectivity index (χ3n) is 16.0. The van der Waals surface area contributed by atoms with Crippen molar-refractivity contribution in [2.45, 2.75) is 31.8 Å². The molecule has 0 aliphatic rings. The van der Waals surface area contributed by atoms with Gasteiger partial charge < -0.3 is 16.0 Å². The Labute approximate surface area is 719 Å². The normalized spacial score (nSPS) is 10.2. The maximum absolute atomic E-state index is 5.15. The molecular formula is C105H103N4P2Zr2-5. The van der Waals surface area contributed by atoms with Crippen LogP contribution in [0.1, 0.15) is 61.2 Å². The molecule has 0 aliphatic heterocycles. The van der Waals surface area contributed by atoms with Gasteiger partial charge in [0.15, 0.2) is 0 Å². The molecule has 0 heterocycles. The van der Waals surface area contributed by atoms with E-state index in [0.717, 1.165) is 70.5 Å². The van der Waals surface area contributed by atoms with Gasteiger partial charge in [-0.15, -0.1) is 98.0 Å². The molecule has 0 spiro atoms. The van der Waals surface area contributed by atoms with E-state index in [0.29, 0.717) is 13.1 Å². The van der Waals surface area contributed by atoms with Crippen molar-refractivity contribution in [1.82, 2.24) is 5.32 Å². The van der Waals surface area contributed by atoms with Crippen molar-refractivity contribution >= 4 is 42.6 Å². The summed E-state index contributed by atoms with van der Waals surface area (Å²) in [6.45, 7) is 29.0. The van der Waals surface area contributed by atoms with Gasteiger partial charge in [-0.05, 0) is 50.8 Å². The van der Waals surface area contributed by atoms with Crippen LogP contribution in [0.2, 0.25) is 0 Å². The molecule has 15 aromatic rings. The fourth-order valence-electron chi connectivity index (χ4n) is 10.4. The fraction of sp³-hybridized carbons (Fsp3) is 0.0667. The Balaban J connectivity index is 0.000000252. The smallest absolute Gasteiger partial charge is 0.673 e. The van der Waals surface area contributed by atoms with E-state index in [1.165, 1.54) is 43.5 Å². The van der Waals surface area contributed by atoms with Gasteiger partial charge in [-0.3, -0.25) is 4.99 Å². The maximum Gasteiger partial charge on any atom is 4.00 e. The number of nitrogens with zero attached hydrogens (tertiary/aromatic N) is 3. The molecule has 0 radical (unpaired) electrons. The molecule has 0 bridgehead atoms. The van der Waals surface area contributed by atoms with Crippen LogP contribution in [0.4, 0.5) is 0 Å². The molecule has 0 saturated heterocycles. The van der Waals surface area contributed by atoms with Crippen molar-refractivity contribution < 1.29 is 52.4 Å². The van der Waals surface area contributed by atoms with Gasteiger partial charge >= 0.3 is 26.2 Å². The summed E-state index contributed by atoms with van der Waals surface area (Å²) in [5.74, 6) is -0.0799. The zero-order valence-electron chi connectivity index (χ0n) is 64.8. The van der Waals surface area contributed by atoms with Crippen molar-refractivity contribution in [3.63, 3.8) is 0 Å². The summed E-state index contributed by atoms with van der Waals surface area (Å²) in [5, 5.41) is 19.2. The minimum absolute atomic E-state index is 0. The molecule has 0 aliphatic carbocycles. The van der Waals surface area contributed by atoms with E-state index in [9.17, 15) is 0 Å². The van der Waals surface area contributed by atoms with Gasteiger partial charge in [-0.25, -0.2) is 5.91 Å². The van der Waals surface area contributed by atoms with E-state index in [4.69, 9.17) is 15.6 Å². The Kier molecular flexibility index (Phi) is 48.7. The van der Waals surface area contributed by atoms with Crippen molar-refractivity contribution in [2.75, 3.05) is 13.1 Å². The molecule has 8 heteroatoms. The maximum atomic E-state index is 5.15. The zero-order chi connectivity index (χ0) is 78.1. The molecule has 0 amide bonds. The van der Waals surface area contributed by atoms with Crippen LogP contribution in [0, 0.1) is 48.5 Å². The number of benzene rings is 15. The average Bonchev–Trinajstić information content (AvgIpc) is 0.827. The van der Waals surface area contributed by atoms with Gasteiger partial charge in [-0.1, -0.05) is 299 Å². The second kappa shape index (κ2) is 59.2. The third-order valence-corrected chi connectivity index (χ3v) is 20.9. The van der Waals surface area contributed by atoms with E-state index in [-0.39, 0.29) is 58.3 Å². The topological polar surface area (TPSA) is 52.6 Å². The van der Waals surface area contributed by atoms with Gasteiger partial charge in [0.05, 0.1) is 6.54 Å². The molecule has 566 valence electrons. The molecule has 15 aromatic carbocycles. The van der Waals surface area contributed by atoms with Gasteiger partial charge in [0.25, 0.3) is 0 Å².